The minimum Gasteiger partial charge on any atom is -0.496 e. The van der Waals surface area contributed by atoms with Gasteiger partial charge in [-0.1, -0.05) is 29.8 Å². The first-order valence-electron chi connectivity index (χ1n) is 8.86. The Labute approximate surface area is 178 Å². The fraction of sp³-hybridized carbons (Fsp3) is 0.143. The summed E-state index contributed by atoms with van der Waals surface area (Å²) in [5, 5.41) is 14.3. The van der Waals surface area contributed by atoms with Gasteiger partial charge in [0.15, 0.2) is 0 Å². The molecule has 0 radical (unpaired) electrons. The number of nitriles is 1. The van der Waals surface area contributed by atoms with Gasteiger partial charge < -0.3 is 19.9 Å². The number of amides is 2. The first-order valence-corrected chi connectivity index (χ1v) is 9.24. The van der Waals surface area contributed by atoms with Crippen molar-refractivity contribution in [2.45, 2.75) is 6.04 Å². The number of hydrogen-bond donors (Lipinski definition) is 2. The number of anilines is 1. The van der Waals surface area contributed by atoms with Crippen LogP contribution in [0.2, 0.25) is 5.02 Å². The molecule has 9 heteroatoms. The maximum Gasteiger partial charge on any atom is 0.313 e. The quantitative estimate of drug-likeness (QED) is 0.613. The zero-order valence-corrected chi connectivity index (χ0v) is 17.0. The number of rotatable bonds is 5. The molecule has 0 fully saturated rings. The van der Waals surface area contributed by atoms with Crippen LogP contribution in [0, 0.1) is 11.3 Å². The molecular weight excluding hydrogens is 406 g/mol. The van der Waals surface area contributed by atoms with E-state index in [9.17, 15) is 9.59 Å². The third kappa shape index (κ3) is 4.42. The van der Waals surface area contributed by atoms with Gasteiger partial charge in [0.2, 0.25) is 0 Å². The summed E-state index contributed by atoms with van der Waals surface area (Å²) in [5.41, 5.74) is 1.21. The fourth-order valence-corrected chi connectivity index (χ4v) is 3.13. The SMILES string of the molecule is COc1ccccc1[C@@H](NC(=O)C(=O)Nc1ccc(C#N)c(Cl)c1)c1nccn1C. The summed E-state index contributed by atoms with van der Waals surface area (Å²) in [7, 11) is 3.31. The molecule has 0 aliphatic rings. The summed E-state index contributed by atoms with van der Waals surface area (Å²) in [6, 6.07) is 12.7. The number of ether oxygens (including phenoxy) is 1. The second-order valence-corrected chi connectivity index (χ2v) is 6.71. The van der Waals surface area contributed by atoms with Gasteiger partial charge in [0.25, 0.3) is 0 Å². The van der Waals surface area contributed by atoms with Crippen LogP contribution in [0.1, 0.15) is 23.0 Å². The van der Waals surface area contributed by atoms with Gasteiger partial charge in [-0.25, -0.2) is 4.98 Å². The van der Waals surface area contributed by atoms with E-state index in [0.717, 1.165) is 0 Å². The average molecular weight is 424 g/mol. The van der Waals surface area contributed by atoms with E-state index in [4.69, 9.17) is 21.6 Å². The molecule has 0 saturated carbocycles. The highest BCUT2D eigenvalue weighted by Crippen LogP contribution is 2.29. The summed E-state index contributed by atoms with van der Waals surface area (Å²) in [6.07, 6.45) is 3.34. The van der Waals surface area contributed by atoms with Crippen LogP contribution in [-0.2, 0) is 16.6 Å². The van der Waals surface area contributed by atoms with Crippen molar-refractivity contribution in [3.8, 4) is 11.8 Å². The summed E-state index contributed by atoms with van der Waals surface area (Å²) in [5.74, 6) is -0.675. The van der Waals surface area contributed by atoms with E-state index in [2.05, 4.69) is 15.6 Å². The number of aryl methyl sites for hydroxylation is 1. The first-order chi connectivity index (χ1) is 14.4. The zero-order chi connectivity index (χ0) is 21.7. The largest absolute Gasteiger partial charge is 0.496 e. The van der Waals surface area contributed by atoms with E-state index >= 15 is 0 Å². The lowest BCUT2D eigenvalue weighted by Crippen LogP contribution is -2.39. The van der Waals surface area contributed by atoms with E-state index in [1.807, 2.05) is 6.07 Å². The Morgan fingerprint density at radius 2 is 2.00 bits per heavy atom. The number of nitrogens with zero attached hydrogens (tertiary/aromatic N) is 3. The Kier molecular flexibility index (Phi) is 6.35. The summed E-state index contributed by atoms with van der Waals surface area (Å²) in [6.45, 7) is 0. The minimum atomic E-state index is -0.884. The Balaban J connectivity index is 1.85. The minimum absolute atomic E-state index is 0.176. The van der Waals surface area contributed by atoms with Gasteiger partial charge in [0.05, 0.1) is 17.7 Å². The second kappa shape index (κ2) is 9.11. The number of halogens is 1. The highest BCUT2D eigenvalue weighted by atomic mass is 35.5. The van der Waals surface area contributed by atoms with Crippen LogP contribution in [0.5, 0.6) is 5.75 Å². The van der Waals surface area contributed by atoms with E-state index in [-0.39, 0.29) is 10.6 Å². The molecule has 0 unspecified atom stereocenters. The smallest absolute Gasteiger partial charge is 0.313 e. The number of carbonyl (C=O) groups excluding carboxylic acids is 2. The molecule has 3 rings (SSSR count). The van der Waals surface area contributed by atoms with E-state index in [1.54, 1.807) is 48.3 Å². The second-order valence-electron chi connectivity index (χ2n) is 6.31. The summed E-state index contributed by atoms with van der Waals surface area (Å²) < 4.78 is 7.15. The third-order valence-electron chi connectivity index (χ3n) is 4.40. The van der Waals surface area contributed by atoms with Crippen LogP contribution in [-0.4, -0.2) is 28.5 Å². The van der Waals surface area contributed by atoms with E-state index in [1.165, 1.54) is 25.3 Å². The van der Waals surface area contributed by atoms with Crippen LogP contribution in [0.15, 0.2) is 54.9 Å². The van der Waals surface area contributed by atoms with Gasteiger partial charge >= 0.3 is 11.8 Å². The molecule has 2 N–H and O–H groups in total. The summed E-state index contributed by atoms with van der Waals surface area (Å²) >= 11 is 5.98. The maximum atomic E-state index is 12.7. The topological polar surface area (TPSA) is 109 Å². The van der Waals surface area contributed by atoms with Crippen LogP contribution in [0.3, 0.4) is 0 Å². The molecule has 2 aromatic carbocycles. The lowest BCUT2D eigenvalue weighted by molar-refractivity contribution is -0.136. The predicted octanol–water partition coefficient (Wildman–Crippen LogP) is 2.80. The van der Waals surface area contributed by atoms with Crippen molar-refractivity contribution in [3.05, 3.63) is 76.8 Å². The lowest BCUT2D eigenvalue weighted by atomic mass is 10.0. The van der Waals surface area contributed by atoms with Crippen molar-refractivity contribution in [1.82, 2.24) is 14.9 Å². The highest BCUT2D eigenvalue weighted by molar-refractivity contribution is 6.40. The number of benzene rings is 2. The van der Waals surface area contributed by atoms with E-state index < -0.39 is 17.9 Å². The third-order valence-corrected chi connectivity index (χ3v) is 4.71. The van der Waals surface area contributed by atoms with Crippen LogP contribution < -0.4 is 15.4 Å². The Bertz CT molecular complexity index is 1140. The standard InChI is InChI=1S/C21H18ClN5O3/c1-27-10-9-24-19(27)18(15-5-3-4-6-17(15)30-2)26-21(29)20(28)25-14-8-7-13(12-23)16(22)11-14/h3-11,18H,1-2H3,(H,25,28)(H,26,29)/t18-/m1/s1. The number of hydrogen-bond acceptors (Lipinski definition) is 5. The molecule has 0 spiro atoms. The Morgan fingerprint density at radius 1 is 1.23 bits per heavy atom. The number of carbonyl (C=O) groups is 2. The fourth-order valence-electron chi connectivity index (χ4n) is 2.91. The van der Waals surface area contributed by atoms with Crippen molar-refractivity contribution in [1.29, 1.82) is 5.26 Å². The molecule has 1 atom stereocenters. The molecule has 1 aromatic heterocycles. The predicted molar refractivity (Wildman–Crippen MR) is 111 cm³/mol. The van der Waals surface area contributed by atoms with Crippen LogP contribution >= 0.6 is 11.6 Å². The molecule has 8 nitrogen and oxygen atoms in total. The van der Waals surface area contributed by atoms with Crippen LogP contribution in [0.4, 0.5) is 5.69 Å². The van der Waals surface area contributed by atoms with Gasteiger partial charge in [0.1, 0.15) is 23.7 Å². The van der Waals surface area contributed by atoms with Crippen molar-refractivity contribution in [2.75, 3.05) is 12.4 Å². The Morgan fingerprint density at radius 3 is 2.63 bits per heavy atom. The van der Waals surface area contributed by atoms with Gasteiger partial charge in [-0.3, -0.25) is 9.59 Å². The lowest BCUT2D eigenvalue weighted by Gasteiger charge is -2.21. The van der Waals surface area contributed by atoms with Crippen molar-refractivity contribution < 1.29 is 14.3 Å². The van der Waals surface area contributed by atoms with Crippen molar-refractivity contribution in [2.24, 2.45) is 7.05 Å². The molecule has 0 saturated heterocycles. The van der Waals surface area contributed by atoms with Gasteiger partial charge in [-0.15, -0.1) is 0 Å². The maximum absolute atomic E-state index is 12.7. The van der Waals surface area contributed by atoms with E-state index in [0.29, 0.717) is 22.8 Å². The number of aromatic nitrogens is 2. The zero-order valence-electron chi connectivity index (χ0n) is 16.2. The van der Waals surface area contributed by atoms with Gasteiger partial charge in [-0.05, 0) is 24.3 Å². The average Bonchev–Trinajstić information content (AvgIpc) is 3.17. The molecule has 30 heavy (non-hydrogen) atoms. The molecule has 0 bridgehead atoms. The Hall–Kier alpha value is -3.83. The normalized spacial score (nSPS) is 11.3. The number of para-hydroxylation sites is 1. The van der Waals surface area contributed by atoms with Gasteiger partial charge in [0, 0.05) is 30.7 Å². The van der Waals surface area contributed by atoms with Crippen LogP contribution in [0.25, 0.3) is 0 Å². The molecule has 152 valence electrons. The van der Waals surface area contributed by atoms with Crippen molar-refractivity contribution in [3.63, 3.8) is 0 Å². The van der Waals surface area contributed by atoms with Gasteiger partial charge in [-0.2, -0.15) is 5.26 Å². The monoisotopic (exact) mass is 423 g/mol. The molecule has 0 aliphatic carbocycles. The molecule has 3 aromatic rings. The molecule has 1 heterocycles. The van der Waals surface area contributed by atoms with Crippen molar-refractivity contribution >= 4 is 29.1 Å². The first kappa shape index (κ1) is 20.9. The molecular formula is C21H18ClN5O3. The molecule has 0 aliphatic heterocycles. The molecule has 2 amide bonds. The number of methoxy groups -OCH3 is 1. The number of imidazole rings is 1. The highest BCUT2D eigenvalue weighted by Gasteiger charge is 2.26. The summed E-state index contributed by atoms with van der Waals surface area (Å²) in [4.78, 5) is 29.4. The number of nitrogens with one attached hydrogen (secondary N) is 2.